The summed E-state index contributed by atoms with van der Waals surface area (Å²) in [5.74, 6) is -0.811. The van der Waals surface area contributed by atoms with E-state index in [2.05, 4.69) is 15.5 Å². The van der Waals surface area contributed by atoms with Gasteiger partial charge in [-0.25, -0.2) is 4.39 Å². The number of amides is 2. The van der Waals surface area contributed by atoms with E-state index in [-0.39, 0.29) is 17.6 Å². The van der Waals surface area contributed by atoms with Gasteiger partial charge in [0, 0.05) is 48.6 Å². The Hall–Kier alpha value is -3.71. The molecule has 4 rings (SSSR count). The van der Waals surface area contributed by atoms with Gasteiger partial charge < -0.3 is 20.4 Å². The van der Waals surface area contributed by atoms with E-state index in [0.29, 0.717) is 28.7 Å². The molecule has 34 heavy (non-hydrogen) atoms. The molecule has 1 fully saturated rings. The first-order valence-electron chi connectivity index (χ1n) is 11.3. The number of likely N-dealkylation sites (N-methyl/N-ethyl adjacent to an activating group) is 1. The fourth-order valence-corrected chi connectivity index (χ4v) is 4.26. The fraction of sp³-hybridized carbons (Fsp3) is 0.259. The van der Waals surface area contributed by atoms with E-state index >= 15 is 0 Å². The number of nitrogens with one attached hydrogen (secondary N) is 2. The number of hydrogen-bond acceptors (Lipinski definition) is 4. The zero-order valence-corrected chi connectivity index (χ0v) is 19.6. The summed E-state index contributed by atoms with van der Waals surface area (Å²) in [6.07, 6.45) is 0.996. The van der Waals surface area contributed by atoms with Gasteiger partial charge in [-0.3, -0.25) is 9.59 Å². The van der Waals surface area contributed by atoms with Gasteiger partial charge in [0.15, 0.2) is 0 Å². The lowest BCUT2D eigenvalue weighted by Gasteiger charge is -2.22. The number of carbonyl (C=O) groups is 2. The molecule has 7 heteroatoms. The molecule has 0 bridgehead atoms. The number of benzene rings is 3. The average molecular weight is 461 g/mol. The van der Waals surface area contributed by atoms with Crippen LogP contribution in [-0.2, 0) is 4.79 Å². The van der Waals surface area contributed by atoms with Gasteiger partial charge in [-0.1, -0.05) is 30.3 Å². The predicted octanol–water partition coefficient (Wildman–Crippen LogP) is 4.84. The van der Waals surface area contributed by atoms with Crippen molar-refractivity contribution in [3.63, 3.8) is 0 Å². The van der Waals surface area contributed by atoms with E-state index in [9.17, 15) is 14.0 Å². The Balaban J connectivity index is 1.45. The molecule has 3 aromatic carbocycles. The summed E-state index contributed by atoms with van der Waals surface area (Å²) in [5, 5.41) is 5.60. The van der Waals surface area contributed by atoms with Crippen LogP contribution in [0, 0.1) is 5.82 Å². The summed E-state index contributed by atoms with van der Waals surface area (Å²) in [4.78, 5) is 28.4. The lowest BCUT2D eigenvalue weighted by molar-refractivity contribution is -0.114. The van der Waals surface area contributed by atoms with Crippen molar-refractivity contribution in [1.29, 1.82) is 0 Å². The van der Waals surface area contributed by atoms with Crippen LogP contribution in [0.2, 0.25) is 0 Å². The highest BCUT2D eigenvalue weighted by atomic mass is 19.1. The number of carbonyl (C=O) groups excluding carboxylic acids is 2. The molecule has 0 aliphatic carbocycles. The van der Waals surface area contributed by atoms with Gasteiger partial charge in [-0.05, 0) is 62.5 Å². The number of rotatable bonds is 6. The second-order valence-electron chi connectivity index (χ2n) is 8.78. The Morgan fingerprint density at radius 3 is 2.38 bits per heavy atom. The van der Waals surface area contributed by atoms with Gasteiger partial charge in [-0.2, -0.15) is 0 Å². The van der Waals surface area contributed by atoms with Gasteiger partial charge in [-0.15, -0.1) is 0 Å². The third kappa shape index (κ3) is 5.26. The SMILES string of the molecule is CC(=O)Nc1ccccc1-c1ccc(C(=O)Nc2ccc(N3CCC(N(C)C)C3)c(F)c2)cc1. The maximum Gasteiger partial charge on any atom is 0.255 e. The summed E-state index contributed by atoms with van der Waals surface area (Å²) < 4.78 is 14.8. The van der Waals surface area contributed by atoms with Crippen LogP contribution in [0.3, 0.4) is 0 Å². The molecule has 2 amide bonds. The molecular weight excluding hydrogens is 431 g/mol. The van der Waals surface area contributed by atoms with Gasteiger partial charge in [0.2, 0.25) is 5.91 Å². The van der Waals surface area contributed by atoms with Crippen LogP contribution in [-0.4, -0.2) is 49.9 Å². The summed E-state index contributed by atoms with van der Waals surface area (Å²) in [6, 6.07) is 19.8. The van der Waals surface area contributed by atoms with Crippen LogP contribution in [0.1, 0.15) is 23.7 Å². The third-order valence-corrected chi connectivity index (χ3v) is 6.14. The Labute approximate surface area is 199 Å². The normalized spacial score (nSPS) is 15.4. The monoisotopic (exact) mass is 460 g/mol. The quantitative estimate of drug-likeness (QED) is 0.552. The second-order valence-corrected chi connectivity index (χ2v) is 8.78. The first kappa shape index (κ1) is 23.4. The molecule has 1 heterocycles. The Bertz CT molecular complexity index is 1190. The Morgan fingerprint density at radius 2 is 1.74 bits per heavy atom. The van der Waals surface area contributed by atoms with Crippen LogP contribution in [0.5, 0.6) is 0 Å². The fourth-order valence-electron chi connectivity index (χ4n) is 4.26. The molecule has 176 valence electrons. The zero-order chi connectivity index (χ0) is 24.2. The van der Waals surface area contributed by atoms with Crippen LogP contribution in [0.25, 0.3) is 11.1 Å². The van der Waals surface area contributed by atoms with Crippen LogP contribution < -0.4 is 15.5 Å². The summed E-state index contributed by atoms with van der Waals surface area (Å²) >= 11 is 0. The molecule has 3 aromatic rings. The highest BCUT2D eigenvalue weighted by molar-refractivity contribution is 6.04. The van der Waals surface area contributed by atoms with Gasteiger partial charge >= 0.3 is 0 Å². The van der Waals surface area contributed by atoms with Crippen molar-refractivity contribution in [1.82, 2.24) is 4.90 Å². The summed E-state index contributed by atoms with van der Waals surface area (Å²) in [7, 11) is 4.08. The van der Waals surface area contributed by atoms with Crippen molar-refractivity contribution in [2.24, 2.45) is 0 Å². The number of nitrogens with zero attached hydrogens (tertiary/aromatic N) is 2. The van der Waals surface area contributed by atoms with E-state index in [1.807, 2.05) is 55.4 Å². The first-order chi connectivity index (χ1) is 16.3. The van der Waals surface area contributed by atoms with Gasteiger partial charge in [0.1, 0.15) is 5.82 Å². The van der Waals surface area contributed by atoms with Gasteiger partial charge in [0.25, 0.3) is 5.91 Å². The highest BCUT2D eigenvalue weighted by Gasteiger charge is 2.26. The minimum Gasteiger partial charge on any atom is -0.368 e. The molecule has 1 unspecified atom stereocenters. The second kappa shape index (κ2) is 10.1. The molecule has 0 saturated carbocycles. The van der Waals surface area contributed by atoms with E-state index < -0.39 is 0 Å². The standard InChI is InChI=1S/C27H29FN4O2/c1-18(33)29-25-7-5-4-6-23(25)19-8-10-20(11-9-19)27(34)30-21-12-13-26(24(28)16-21)32-15-14-22(17-32)31(2)3/h4-13,16,22H,14-15,17H2,1-3H3,(H,29,33)(H,30,34). The Morgan fingerprint density at radius 1 is 1.00 bits per heavy atom. The van der Waals surface area contributed by atoms with E-state index in [1.165, 1.54) is 13.0 Å². The number of halogens is 1. The highest BCUT2D eigenvalue weighted by Crippen LogP contribution is 2.29. The third-order valence-electron chi connectivity index (χ3n) is 6.14. The molecule has 1 aliphatic heterocycles. The Kier molecular flexibility index (Phi) is 6.93. The summed E-state index contributed by atoms with van der Waals surface area (Å²) in [5.41, 5.74) is 3.87. The van der Waals surface area contributed by atoms with Crippen molar-refractivity contribution in [2.75, 3.05) is 42.7 Å². The van der Waals surface area contributed by atoms with E-state index in [4.69, 9.17) is 0 Å². The number of para-hydroxylation sites is 1. The molecule has 6 nitrogen and oxygen atoms in total. The first-order valence-corrected chi connectivity index (χ1v) is 11.3. The lowest BCUT2D eigenvalue weighted by atomic mass is 10.0. The van der Waals surface area contributed by atoms with Crippen LogP contribution in [0.4, 0.5) is 21.5 Å². The number of hydrogen-bond donors (Lipinski definition) is 2. The maximum atomic E-state index is 14.8. The molecule has 1 aliphatic rings. The molecule has 0 aromatic heterocycles. The van der Waals surface area contributed by atoms with Crippen molar-refractivity contribution in [3.8, 4) is 11.1 Å². The van der Waals surface area contributed by atoms with E-state index in [1.54, 1.807) is 24.3 Å². The molecule has 0 spiro atoms. The molecular formula is C27H29FN4O2. The molecule has 0 radical (unpaired) electrons. The van der Waals surface area contributed by atoms with Crippen molar-refractivity contribution in [3.05, 3.63) is 78.1 Å². The molecule has 2 N–H and O–H groups in total. The van der Waals surface area contributed by atoms with E-state index in [0.717, 1.165) is 30.6 Å². The molecule has 1 atom stereocenters. The van der Waals surface area contributed by atoms with Crippen molar-refractivity contribution in [2.45, 2.75) is 19.4 Å². The van der Waals surface area contributed by atoms with Gasteiger partial charge in [0.05, 0.1) is 5.69 Å². The topological polar surface area (TPSA) is 64.7 Å². The lowest BCUT2D eigenvalue weighted by Crippen LogP contribution is -2.31. The number of anilines is 3. The predicted molar refractivity (Wildman–Crippen MR) is 135 cm³/mol. The minimum atomic E-state index is -0.345. The smallest absolute Gasteiger partial charge is 0.255 e. The summed E-state index contributed by atoms with van der Waals surface area (Å²) in [6.45, 7) is 3.06. The largest absolute Gasteiger partial charge is 0.368 e. The minimum absolute atomic E-state index is 0.149. The average Bonchev–Trinajstić information content (AvgIpc) is 3.30. The van der Waals surface area contributed by atoms with Crippen molar-refractivity contribution < 1.29 is 14.0 Å². The zero-order valence-electron chi connectivity index (χ0n) is 19.6. The van der Waals surface area contributed by atoms with Crippen LogP contribution in [0.15, 0.2) is 66.7 Å². The molecule has 1 saturated heterocycles. The van der Waals surface area contributed by atoms with Crippen molar-refractivity contribution >= 4 is 28.9 Å². The van der Waals surface area contributed by atoms with Crippen LogP contribution >= 0.6 is 0 Å². The maximum absolute atomic E-state index is 14.8.